The second-order valence-corrected chi connectivity index (χ2v) is 4.92. The molecule has 0 bridgehead atoms. The first-order chi connectivity index (χ1) is 10.4. The van der Waals surface area contributed by atoms with Gasteiger partial charge in [0.05, 0.1) is 29.6 Å². The van der Waals surface area contributed by atoms with E-state index in [9.17, 15) is 14.9 Å². The highest BCUT2D eigenvalue weighted by atomic mass is 16.6. The summed E-state index contributed by atoms with van der Waals surface area (Å²) in [6.07, 6.45) is 3.14. The van der Waals surface area contributed by atoms with Crippen molar-refractivity contribution in [1.82, 2.24) is 24.9 Å². The lowest BCUT2D eigenvalue weighted by atomic mass is 10.1. The summed E-state index contributed by atoms with van der Waals surface area (Å²) in [5.41, 5.74) is 1.95. The number of carbonyl (C=O) groups is 1. The molecule has 0 aliphatic rings. The van der Waals surface area contributed by atoms with Crippen LogP contribution in [0.1, 0.15) is 31.1 Å². The quantitative estimate of drug-likeness (QED) is 0.637. The average Bonchev–Trinajstić information content (AvgIpc) is 3.05. The van der Waals surface area contributed by atoms with Crippen LogP contribution in [0.2, 0.25) is 0 Å². The number of nitro groups is 1. The minimum Gasteiger partial charge on any atom is -0.358 e. The Morgan fingerprint density at radius 3 is 2.82 bits per heavy atom. The van der Waals surface area contributed by atoms with Gasteiger partial charge >= 0.3 is 5.82 Å². The Morgan fingerprint density at radius 1 is 1.55 bits per heavy atom. The van der Waals surface area contributed by atoms with Crippen molar-refractivity contribution in [1.29, 1.82) is 0 Å². The zero-order valence-corrected chi connectivity index (χ0v) is 12.7. The average molecular weight is 306 g/mol. The third-order valence-electron chi connectivity index (χ3n) is 3.40. The number of aromatic nitrogens is 4. The molecule has 9 heteroatoms. The maximum atomic E-state index is 12.0. The van der Waals surface area contributed by atoms with E-state index in [4.69, 9.17) is 0 Å². The summed E-state index contributed by atoms with van der Waals surface area (Å²) >= 11 is 0. The second kappa shape index (κ2) is 6.37. The molecule has 1 N–H and O–H groups in total. The third-order valence-corrected chi connectivity index (χ3v) is 3.40. The SMILES string of the molecule is CCn1ncc(C(C)NC(=O)Cn2ccc([N+](=O)[O-])n2)c1C. The fraction of sp³-hybridized carbons (Fsp3) is 0.462. The molecule has 0 aromatic carbocycles. The van der Waals surface area contributed by atoms with Crippen LogP contribution in [0.3, 0.4) is 0 Å². The molecule has 0 spiro atoms. The highest BCUT2D eigenvalue weighted by Gasteiger charge is 2.17. The van der Waals surface area contributed by atoms with Gasteiger partial charge in [-0.25, -0.2) is 0 Å². The fourth-order valence-corrected chi connectivity index (χ4v) is 2.25. The van der Waals surface area contributed by atoms with Crippen molar-refractivity contribution in [3.63, 3.8) is 0 Å². The van der Waals surface area contributed by atoms with Crippen molar-refractivity contribution in [2.24, 2.45) is 0 Å². The maximum Gasteiger partial charge on any atom is 0.389 e. The van der Waals surface area contributed by atoms with Gasteiger partial charge in [0.15, 0.2) is 0 Å². The van der Waals surface area contributed by atoms with Gasteiger partial charge in [0.2, 0.25) is 5.91 Å². The topological polar surface area (TPSA) is 108 Å². The zero-order chi connectivity index (χ0) is 16.3. The van der Waals surface area contributed by atoms with Crippen molar-refractivity contribution in [3.05, 3.63) is 39.8 Å². The lowest BCUT2D eigenvalue weighted by Crippen LogP contribution is -2.30. The van der Waals surface area contributed by atoms with Gasteiger partial charge in [0, 0.05) is 17.8 Å². The summed E-state index contributed by atoms with van der Waals surface area (Å²) in [6, 6.07) is 1.06. The van der Waals surface area contributed by atoms with Crippen molar-refractivity contribution in [2.75, 3.05) is 0 Å². The van der Waals surface area contributed by atoms with Crippen LogP contribution in [0.4, 0.5) is 5.82 Å². The number of rotatable bonds is 6. The molecule has 0 saturated carbocycles. The summed E-state index contributed by atoms with van der Waals surface area (Å²) in [6.45, 7) is 6.51. The number of nitrogens with zero attached hydrogens (tertiary/aromatic N) is 5. The molecule has 22 heavy (non-hydrogen) atoms. The molecule has 1 amide bonds. The number of hydrogen-bond donors (Lipinski definition) is 1. The highest BCUT2D eigenvalue weighted by Crippen LogP contribution is 2.16. The summed E-state index contributed by atoms with van der Waals surface area (Å²) in [5.74, 6) is -0.546. The van der Waals surface area contributed by atoms with Crippen molar-refractivity contribution in [3.8, 4) is 0 Å². The van der Waals surface area contributed by atoms with Crippen LogP contribution in [0.15, 0.2) is 18.5 Å². The molecule has 0 aliphatic carbocycles. The fourth-order valence-electron chi connectivity index (χ4n) is 2.25. The van der Waals surface area contributed by atoms with E-state index in [0.29, 0.717) is 0 Å². The van der Waals surface area contributed by atoms with E-state index in [1.54, 1.807) is 6.20 Å². The van der Waals surface area contributed by atoms with Crippen LogP contribution in [0.25, 0.3) is 0 Å². The Labute approximate surface area is 127 Å². The maximum absolute atomic E-state index is 12.0. The molecule has 2 heterocycles. The summed E-state index contributed by atoms with van der Waals surface area (Å²) < 4.78 is 3.09. The molecule has 9 nitrogen and oxygen atoms in total. The van der Waals surface area contributed by atoms with Crippen LogP contribution >= 0.6 is 0 Å². The van der Waals surface area contributed by atoms with Gasteiger partial charge in [0.25, 0.3) is 0 Å². The number of hydrogen-bond acceptors (Lipinski definition) is 5. The van der Waals surface area contributed by atoms with E-state index in [2.05, 4.69) is 15.5 Å². The second-order valence-electron chi connectivity index (χ2n) is 4.92. The first-order valence-corrected chi connectivity index (χ1v) is 6.91. The molecule has 2 aromatic rings. The van der Waals surface area contributed by atoms with E-state index in [1.165, 1.54) is 16.9 Å². The molecule has 0 radical (unpaired) electrons. The molecule has 2 rings (SSSR count). The summed E-state index contributed by atoms with van der Waals surface area (Å²) in [7, 11) is 0. The van der Waals surface area contributed by atoms with E-state index in [0.717, 1.165) is 17.8 Å². The normalized spacial score (nSPS) is 12.1. The van der Waals surface area contributed by atoms with Gasteiger partial charge in [-0.3, -0.25) is 9.48 Å². The minimum atomic E-state index is -0.598. The Hall–Kier alpha value is -2.71. The Balaban J connectivity index is 1.98. The highest BCUT2D eigenvalue weighted by molar-refractivity contribution is 5.76. The molecule has 1 atom stereocenters. The van der Waals surface area contributed by atoms with Crippen LogP contribution in [-0.2, 0) is 17.9 Å². The van der Waals surface area contributed by atoms with Crippen molar-refractivity contribution < 1.29 is 9.72 Å². The molecule has 2 aromatic heterocycles. The number of nitrogens with one attached hydrogen (secondary N) is 1. The third kappa shape index (κ3) is 3.30. The molecule has 0 saturated heterocycles. The van der Waals surface area contributed by atoms with Crippen LogP contribution < -0.4 is 5.32 Å². The van der Waals surface area contributed by atoms with E-state index in [-0.39, 0.29) is 24.3 Å². The van der Waals surface area contributed by atoms with Crippen LogP contribution in [0, 0.1) is 17.0 Å². The lowest BCUT2D eigenvalue weighted by molar-refractivity contribution is -0.389. The molecular formula is C13H18N6O3. The predicted octanol–water partition coefficient (Wildman–Crippen LogP) is 1.19. The summed E-state index contributed by atoms with van der Waals surface area (Å²) in [5, 5.41) is 21.3. The monoisotopic (exact) mass is 306 g/mol. The van der Waals surface area contributed by atoms with Crippen molar-refractivity contribution >= 4 is 11.7 Å². The molecule has 118 valence electrons. The Kier molecular flexibility index (Phi) is 4.54. The largest absolute Gasteiger partial charge is 0.389 e. The molecule has 0 fully saturated rings. The Morgan fingerprint density at radius 2 is 2.27 bits per heavy atom. The summed E-state index contributed by atoms with van der Waals surface area (Å²) in [4.78, 5) is 21.9. The predicted molar refractivity (Wildman–Crippen MR) is 78.1 cm³/mol. The zero-order valence-electron chi connectivity index (χ0n) is 12.7. The van der Waals surface area contributed by atoms with Gasteiger partial charge in [-0.2, -0.15) is 9.78 Å². The van der Waals surface area contributed by atoms with Gasteiger partial charge < -0.3 is 15.4 Å². The van der Waals surface area contributed by atoms with E-state index < -0.39 is 4.92 Å². The smallest absolute Gasteiger partial charge is 0.358 e. The van der Waals surface area contributed by atoms with E-state index in [1.807, 2.05) is 25.5 Å². The minimum absolute atomic E-state index is 0.0703. The van der Waals surface area contributed by atoms with E-state index >= 15 is 0 Å². The number of amides is 1. The van der Waals surface area contributed by atoms with Gasteiger partial charge in [-0.05, 0) is 25.7 Å². The molecule has 0 aliphatic heterocycles. The first kappa shape index (κ1) is 15.7. The van der Waals surface area contributed by atoms with Crippen LogP contribution in [-0.4, -0.2) is 30.4 Å². The molecular weight excluding hydrogens is 288 g/mol. The first-order valence-electron chi connectivity index (χ1n) is 6.91. The Bertz CT molecular complexity index is 690. The number of aryl methyl sites for hydroxylation is 1. The van der Waals surface area contributed by atoms with Crippen LogP contribution in [0.5, 0.6) is 0 Å². The van der Waals surface area contributed by atoms with Gasteiger partial charge in [0.1, 0.15) is 6.54 Å². The number of carbonyl (C=O) groups excluding carboxylic acids is 1. The molecule has 1 unspecified atom stereocenters. The standard InChI is InChI=1S/C13H18N6O3/c1-4-18-10(3)11(7-14-18)9(2)15-13(20)8-17-6-5-12(16-17)19(21)22/h5-7,9H,4,8H2,1-3H3,(H,15,20). The lowest BCUT2D eigenvalue weighted by Gasteiger charge is -2.13. The van der Waals surface area contributed by atoms with Crippen molar-refractivity contribution in [2.45, 2.75) is 39.9 Å². The van der Waals surface area contributed by atoms with Gasteiger partial charge in [-0.15, -0.1) is 0 Å². The van der Waals surface area contributed by atoms with Gasteiger partial charge in [-0.1, -0.05) is 0 Å².